The predicted octanol–water partition coefficient (Wildman–Crippen LogP) is 3.63. The molecule has 0 radical (unpaired) electrons. The molecule has 19 heavy (non-hydrogen) atoms. The van der Waals surface area contributed by atoms with Crippen LogP contribution in [-0.4, -0.2) is 17.4 Å². The summed E-state index contributed by atoms with van der Waals surface area (Å²) in [5.41, 5.74) is -1.17. The highest BCUT2D eigenvalue weighted by Crippen LogP contribution is 2.26. The van der Waals surface area contributed by atoms with Crippen molar-refractivity contribution in [3.05, 3.63) is 35.9 Å². The SMILES string of the molecule is CCC(C)(C)C(=O)OC(C)(C)C(=O)c1ccccc1. The highest BCUT2D eigenvalue weighted by molar-refractivity contribution is 6.03. The van der Waals surface area contributed by atoms with Crippen LogP contribution in [-0.2, 0) is 9.53 Å². The molecule has 0 spiro atoms. The fourth-order valence-electron chi connectivity index (χ4n) is 1.50. The minimum Gasteiger partial charge on any atom is -0.451 e. The topological polar surface area (TPSA) is 43.4 Å². The van der Waals surface area contributed by atoms with Crippen LogP contribution in [0.5, 0.6) is 0 Å². The zero-order chi connectivity index (χ0) is 14.7. The van der Waals surface area contributed by atoms with Crippen molar-refractivity contribution in [3.63, 3.8) is 0 Å². The van der Waals surface area contributed by atoms with E-state index in [1.165, 1.54) is 0 Å². The van der Waals surface area contributed by atoms with Crippen molar-refractivity contribution in [2.45, 2.75) is 46.6 Å². The van der Waals surface area contributed by atoms with E-state index in [9.17, 15) is 9.59 Å². The molecule has 1 rings (SSSR count). The van der Waals surface area contributed by atoms with Crippen LogP contribution in [0.25, 0.3) is 0 Å². The van der Waals surface area contributed by atoms with Gasteiger partial charge in [0.15, 0.2) is 5.60 Å². The van der Waals surface area contributed by atoms with Gasteiger partial charge in [0.05, 0.1) is 5.41 Å². The van der Waals surface area contributed by atoms with Crippen molar-refractivity contribution in [2.24, 2.45) is 5.41 Å². The Morgan fingerprint density at radius 2 is 1.58 bits per heavy atom. The largest absolute Gasteiger partial charge is 0.451 e. The van der Waals surface area contributed by atoms with Gasteiger partial charge in [0.2, 0.25) is 5.78 Å². The third-order valence-electron chi connectivity index (χ3n) is 3.37. The fourth-order valence-corrected chi connectivity index (χ4v) is 1.50. The normalized spacial score (nSPS) is 12.1. The quantitative estimate of drug-likeness (QED) is 0.601. The summed E-state index contributed by atoms with van der Waals surface area (Å²) in [6, 6.07) is 8.88. The van der Waals surface area contributed by atoms with Crippen molar-refractivity contribution in [2.75, 3.05) is 0 Å². The lowest BCUT2D eigenvalue weighted by atomic mass is 9.89. The maximum Gasteiger partial charge on any atom is 0.312 e. The molecule has 3 heteroatoms. The van der Waals surface area contributed by atoms with E-state index in [1.807, 2.05) is 26.8 Å². The monoisotopic (exact) mass is 262 g/mol. The third kappa shape index (κ3) is 3.66. The molecule has 0 N–H and O–H groups in total. The standard InChI is InChI=1S/C16H22O3/c1-6-15(2,3)14(18)19-16(4,5)13(17)12-10-8-7-9-11-12/h7-11H,6H2,1-5H3. The predicted molar refractivity (Wildman–Crippen MR) is 75.0 cm³/mol. The molecule has 1 aromatic carbocycles. The Morgan fingerprint density at radius 1 is 1.05 bits per heavy atom. The molecule has 0 amide bonds. The molecule has 0 unspecified atom stereocenters. The number of rotatable bonds is 5. The van der Waals surface area contributed by atoms with E-state index in [0.717, 1.165) is 0 Å². The van der Waals surface area contributed by atoms with Crippen LogP contribution in [0.15, 0.2) is 30.3 Å². The number of carbonyl (C=O) groups excluding carboxylic acids is 2. The van der Waals surface area contributed by atoms with Gasteiger partial charge in [-0.25, -0.2) is 0 Å². The second kappa shape index (κ2) is 5.55. The zero-order valence-electron chi connectivity index (χ0n) is 12.3. The summed E-state index contributed by atoms with van der Waals surface area (Å²) in [6.07, 6.45) is 0.668. The van der Waals surface area contributed by atoms with Crippen LogP contribution < -0.4 is 0 Å². The van der Waals surface area contributed by atoms with Gasteiger partial charge in [0.1, 0.15) is 0 Å². The molecule has 0 bridgehead atoms. The highest BCUT2D eigenvalue weighted by Gasteiger charge is 2.37. The van der Waals surface area contributed by atoms with Crippen LogP contribution >= 0.6 is 0 Å². The number of Topliss-reactive ketones (excluding diaryl/α,β-unsaturated/α-hetero) is 1. The molecule has 104 valence electrons. The smallest absolute Gasteiger partial charge is 0.312 e. The number of hydrogen-bond acceptors (Lipinski definition) is 3. The average molecular weight is 262 g/mol. The van der Waals surface area contributed by atoms with Gasteiger partial charge in [-0.1, -0.05) is 37.3 Å². The number of hydrogen-bond donors (Lipinski definition) is 0. The first-order chi connectivity index (χ1) is 8.70. The summed E-state index contributed by atoms with van der Waals surface area (Å²) in [7, 11) is 0. The highest BCUT2D eigenvalue weighted by atomic mass is 16.6. The van der Waals surface area contributed by atoms with E-state index >= 15 is 0 Å². The molecular weight excluding hydrogens is 240 g/mol. The second-order valence-corrected chi connectivity index (χ2v) is 5.83. The van der Waals surface area contributed by atoms with Gasteiger partial charge in [-0.3, -0.25) is 9.59 Å². The van der Waals surface area contributed by atoms with Gasteiger partial charge < -0.3 is 4.74 Å². The molecule has 1 aromatic rings. The minimum absolute atomic E-state index is 0.187. The van der Waals surface area contributed by atoms with Gasteiger partial charge >= 0.3 is 5.97 Å². The lowest BCUT2D eigenvalue weighted by Gasteiger charge is -2.29. The van der Waals surface area contributed by atoms with Gasteiger partial charge in [-0.2, -0.15) is 0 Å². The number of ether oxygens (including phenoxy) is 1. The molecule has 0 saturated heterocycles. The first kappa shape index (κ1) is 15.4. The van der Waals surface area contributed by atoms with Gasteiger partial charge in [-0.15, -0.1) is 0 Å². The van der Waals surface area contributed by atoms with E-state index in [0.29, 0.717) is 12.0 Å². The van der Waals surface area contributed by atoms with E-state index in [-0.39, 0.29) is 11.8 Å². The van der Waals surface area contributed by atoms with E-state index in [1.54, 1.807) is 38.1 Å². The molecule has 0 aromatic heterocycles. The van der Waals surface area contributed by atoms with Gasteiger partial charge in [-0.05, 0) is 34.1 Å². The first-order valence-corrected chi connectivity index (χ1v) is 6.54. The molecule has 0 atom stereocenters. The molecule has 3 nitrogen and oxygen atoms in total. The fraction of sp³-hybridized carbons (Fsp3) is 0.500. The lowest BCUT2D eigenvalue weighted by Crippen LogP contribution is -2.41. The van der Waals surface area contributed by atoms with Crippen LogP contribution in [0.2, 0.25) is 0 Å². The number of esters is 1. The van der Waals surface area contributed by atoms with Crippen LogP contribution in [0, 0.1) is 5.41 Å². The Bertz CT molecular complexity index is 458. The molecule has 0 aliphatic carbocycles. The van der Waals surface area contributed by atoms with E-state index < -0.39 is 11.0 Å². The van der Waals surface area contributed by atoms with Crippen molar-refractivity contribution in [3.8, 4) is 0 Å². The third-order valence-corrected chi connectivity index (χ3v) is 3.37. The Labute approximate surface area is 115 Å². The number of ketones is 1. The molecule has 0 aliphatic rings. The summed E-state index contributed by atoms with van der Waals surface area (Å²) in [4.78, 5) is 24.4. The Kier molecular flexibility index (Phi) is 4.51. The molecule has 0 fully saturated rings. The summed E-state index contributed by atoms with van der Waals surface area (Å²) in [5, 5.41) is 0. The van der Waals surface area contributed by atoms with Crippen LogP contribution in [0.3, 0.4) is 0 Å². The Balaban J connectivity index is 2.88. The van der Waals surface area contributed by atoms with Crippen LogP contribution in [0.4, 0.5) is 0 Å². The average Bonchev–Trinajstić information content (AvgIpc) is 2.38. The summed E-state index contributed by atoms with van der Waals surface area (Å²) < 4.78 is 5.42. The summed E-state index contributed by atoms with van der Waals surface area (Å²) >= 11 is 0. The van der Waals surface area contributed by atoms with Crippen molar-refractivity contribution in [1.82, 2.24) is 0 Å². The number of benzene rings is 1. The molecular formula is C16H22O3. The van der Waals surface area contributed by atoms with Crippen molar-refractivity contribution in [1.29, 1.82) is 0 Å². The van der Waals surface area contributed by atoms with Crippen LogP contribution in [0.1, 0.15) is 51.4 Å². The molecule has 0 saturated carbocycles. The zero-order valence-corrected chi connectivity index (χ0v) is 12.3. The first-order valence-electron chi connectivity index (χ1n) is 6.54. The maximum atomic E-state index is 12.3. The Hall–Kier alpha value is -1.64. The molecule has 0 aliphatic heterocycles. The maximum absolute atomic E-state index is 12.3. The lowest BCUT2D eigenvalue weighted by molar-refractivity contribution is -0.163. The Morgan fingerprint density at radius 3 is 2.05 bits per heavy atom. The summed E-state index contributed by atoms with van der Waals surface area (Å²) in [5.74, 6) is -0.530. The minimum atomic E-state index is -1.15. The van der Waals surface area contributed by atoms with E-state index in [4.69, 9.17) is 4.74 Å². The second-order valence-electron chi connectivity index (χ2n) is 5.83. The summed E-state index contributed by atoms with van der Waals surface area (Å²) in [6.45, 7) is 8.82. The van der Waals surface area contributed by atoms with Crippen molar-refractivity contribution >= 4 is 11.8 Å². The van der Waals surface area contributed by atoms with E-state index in [2.05, 4.69) is 0 Å². The molecule has 0 heterocycles. The number of carbonyl (C=O) groups is 2. The van der Waals surface area contributed by atoms with Gasteiger partial charge in [0, 0.05) is 5.56 Å². The van der Waals surface area contributed by atoms with Gasteiger partial charge in [0.25, 0.3) is 0 Å². The van der Waals surface area contributed by atoms with Crippen molar-refractivity contribution < 1.29 is 14.3 Å².